The van der Waals surface area contributed by atoms with Gasteiger partial charge in [-0.2, -0.15) is 0 Å². The maximum Gasteiger partial charge on any atom is 0.187 e. The Bertz CT molecular complexity index is 559. The summed E-state index contributed by atoms with van der Waals surface area (Å²) in [6.45, 7) is 0. The molecule has 0 aliphatic carbocycles. The van der Waals surface area contributed by atoms with Crippen molar-refractivity contribution in [1.29, 1.82) is 0 Å². The van der Waals surface area contributed by atoms with Crippen LogP contribution >= 0.6 is 0 Å². The zero-order valence-electron chi connectivity index (χ0n) is 10.7. The highest BCUT2D eigenvalue weighted by molar-refractivity contribution is 6.04. The number of ether oxygens (including phenoxy) is 1. The van der Waals surface area contributed by atoms with Gasteiger partial charge in [0.05, 0.1) is 7.11 Å². The van der Waals surface area contributed by atoms with Crippen molar-refractivity contribution in [2.24, 2.45) is 0 Å². The lowest BCUT2D eigenvalue weighted by atomic mass is 10.1. The Morgan fingerprint density at radius 3 is 2.37 bits per heavy atom. The predicted molar refractivity (Wildman–Crippen MR) is 76.5 cm³/mol. The minimum Gasteiger partial charge on any atom is -0.497 e. The molecule has 0 spiro atoms. The molecule has 19 heavy (non-hydrogen) atoms. The Labute approximate surface area is 112 Å². The largest absolute Gasteiger partial charge is 0.497 e. The first-order chi connectivity index (χ1) is 9.29. The second-order valence-corrected chi connectivity index (χ2v) is 3.94. The Morgan fingerprint density at radius 2 is 1.74 bits per heavy atom. The number of hydrogen-bond acceptors (Lipinski definition) is 3. The van der Waals surface area contributed by atoms with Gasteiger partial charge in [0.25, 0.3) is 0 Å². The number of carbonyl (C=O) groups excluding carboxylic acids is 1. The summed E-state index contributed by atoms with van der Waals surface area (Å²) >= 11 is 0. The van der Waals surface area contributed by atoms with Crippen molar-refractivity contribution < 1.29 is 9.53 Å². The molecule has 3 heteroatoms. The van der Waals surface area contributed by atoms with E-state index in [1.165, 1.54) is 6.08 Å². The summed E-state index contributed by atoms with van der Waals surface area (Å²) in [6, 6.07) is 16.6. The first-order valence-electron chi connectivity index (χ1n) is 5.96. The summed E-state index contributed by atoms with van der Waals surface area (Å²) < 4.78 is 5.07. The standard InChI is InChI=1S/C16H15NO2/c1-19-15-9-7-14(8-10-15)17-12-11-16(18)13-5-3-2-4-6-13/h2-12,17H,1H3. The van der Waals surface area contributed by atoms with Gasteiger partial charge in [0, 0.05) is 23.5 Å². The average molecular weight is 253 g/mol. The molecule has 0 aliphatic rings. The molecule has 0 aromatic heterocycles. The molecule has 0 saturated carbocycles. The highest BCUT2D eigenvalue weighted by Crippen LogP contribution is 2.14. The SMILES string of the molecule is COc1ccc(NC=CC(=O)c2ccccc2)cc1. The lowest BCUT2D eigenvalue weighted by Gasteiger charge is -2.02. The molecule has 0 saturated heterocycles. The summed E-state index contributed by atoms with van der Waals surface area (Å²) in [7, 11) is 1.63. The summed E-state index contributed by atoms with van der Waals surface area (Å²) in [5, 5.41) is 3.04. The van der Waals surface area contributed by atoms with E-state index in [9.17, 15) is 4.79 Å². The zero-order valence-corrected chi connectivity index (χ0v) is 10.7. The molecule has 0 atom stereocenters. The topological polar surface area (TPSA) is 38.3 Å². The van der Waals surface area contributed by atoms with Gasteiger partial charge in [-0.1, -0.05) is 30.3 Å². The molecule has 0 heterocycles. The monoisotopic (exact) mass is 253 g/mol. The summed E-state index contributed by atoms with van der Waals surface area (Å²) in [6.07, 6.45) is 3.15. The first kappa shape index (κ1) is 12.9. The van der Waals surface area contributed by atoms with Crippen LogP contribution in [0.2, 0.25) is 0 Å². The molecular formula is C16H15NO2. The molecule has 0 radical (unpaired) electrons. The van der Waals surface area contributed by atoms with E-state index < -0.39 is 0 Å². The van der Waals surface area contributed by atoms with Crippen LogP contribution in [0.1, 0.15) is 10.4 Å². The third-order valence-corrected chi connectivity index (χ3v) is 2.63. The number of ketones is 1. The fraction of sp³-hybridized carbons (Fsp3) is 0.0625. The third kappa shape index (κ3) is 3.71. The lowest BCUT2D eigenvalue weighted by Crippen LogP contribution is -1.95. The normalized spacial score (nSPS) is 10.4. The van der Waals surface area contributed by atoms with E-state index >= 15 is 0 Å². The maximum absolute atomic E-state index is 11.8. The molecule has 96 valence electrons. The van der Waals surface area contributed by atoms with Crippen LogP contribution in [-0.4, -0.2) is 12.9 Å². The maximum atomic E-state index is 11.8. The van der Waals surface area contributed by atoms with Crippen LogP contribution in [0.3, 0.4) is 0 Å². The van der Waals surface area contributed by atoms with Crippen molar-refractivity contribution in [3.63, 3.8) is 0 Å². The van der Waals surface area contributed by atoms with Crippen LogP contribution in [0.25, 0.3) is 0 Å². The second kappa shape index (κ2) is 6.40. The molecule has 3 nitrogen and oxygen atoms in total. The molecule has 0 amide bonds. The van der Waals surface area contributed by atoms with Crippen LogP contribution < -0.4 is 10.1 Å². The van der Waals surface area contributed by atoms with E-state index in [1.54, 1.807) is 25.4 Å². The Morgan fingerprint density at radius 1 is 1.05 bits per heavy atom. The van der Waals surface area contributed by atoms with Crippen LogP contribution in [0, 0.1) is 0 Å². The van der Waals surface area contributed by atoms with Crippen molar-refractivity contribution in [2.75, 3.05) is 12.4 Å². The van der Waals surface area contributed by atoms with E-state index in [-0.39, 0.29) is 5.78 Å². The van der Waals surface area contributed by atoms with Crippen LogP contribution in [0.15, 0.2) is 66.9 Å². The van der Waals surface area contributed by atoms with Gasteiger partial charge in [-0.05, 0) is 24.3 Å². The number of hydrogen-bond donors (Lipinski definition) is 1. The minimum atomic E-state index is -0.0263. The van der Waals surface area contributed by atoms with Crippen molar-refractivity contribution in [1.82, 2.24) is 0 Å². The van der Waals surface area contributed by atoms with Crippen LogP contribution in [0.4, 0.5) is 5.69 Å². The first-order valence-corrected chi connectivity index (χ1v) is 5.96. The molecule has 1 N–H and O–H groups in total. The minimum absolute atomic E-state index is 0.0263. The smallest absolute Gasteiger partial charge is 0.187 e. The van der Waals surface area contributed by atoms with Crippen molar-refractivity contribution in [3.05, 3.63) is 72.4 Å². The fourth-order valence-electron chi connectivity index (χ4n) is 1.60. The highest BCUT2D eigenvalue weighted by atomic mass is 16.5. The molecule has 0 unspecified atom stereocenters. The van der Waals surface area contributed by atoms with E-state index in [2.05, 4.69) is 5.32 Å². The summed E-state index contributed by atoms with van der Waals surface area (Å²) in [5.41, 5.74) is 1.58. The van der Waals surface area contributed by atoms with Crippen molar-refractivity contribution in [3.8, 4) is 5.75 Å². The molecule has 0 aliphatic heterocycles. The summed E-state index contributed by atoms with van der Waals surface area (Å²) in [4.78, 5) is 11.8. The van der Waals surface area contributed by atoms with Gasteiger partial charge in [0.1, 0.15) is 5.75 Å². The van der Waals surface area contributed by atoms with Gasteiger partial charge in [0.15, 0.2) is 5.78 Å². The number of rotatable bonds is 5. The summed E-state index contributed by atoms with van der Waals surface area (Å²) in [5.74, 6) is 0.775. The van der Waals surface area contributed by atoms with E-state index in [0.29, 0.717) is 5.56 Å². The Kier molecular flexibility index (Phi) is 4.34. The zero-order chi connectivity index (χ0) is 13.5. The van der Waals surface area contributed by atoms with Crippen molar-refractivity contribution in [2.45, 2.75) is 0 Å². The van der Waals surface area contributed by atoms with Gasteiger partial charge in [0.2, 0.25) is 0 Å². The number of allylic oxidation sites excluding steroid dienone is 1. The average Bonchev–Trinajstić information content (AvgIpc) is 2.49. The van der Waals surface area contributed by atoms with Gasteiger partial charge in [-0.25, -0.2) is 0 Å². The Balaban J connectivity index is 1.94. The third-order valence-electron chi connectivity index (χ3n) is 2.63. The second-order valence-electron chi connectivity index (χ2n) is 3.94. The molecular weight excluding hydrogens is 238 g/mol. The van der Waals surface area contributed by atoms with Crippen molar-refractivity contribution >= 4 is 11.5 Å². The van der Waals surface area contributed by atoms with Gasteiger partial charge >= 0.3 is 0 Å². The van der Waals surface area contributed by atoms with E-state index in [0.717, 1.165) is 11.4 Å². The number of anilines is 1. The predicted octanol–water partition coefficient (Wildman–Crippen LogP) is 3.50. The Hall–Kier alpha value is -2.55. The number of methoxy groups -OCH3 is 1. The number of carbonyl (C=O) groups is 1. The van der Waals surface area contributed by atoms with Crippen LogP contribution in [-0.2, 0) is 0 Å². The quantitative estimate of drug-likeness (QED) is 0.654. The van der Waals surface area contributed by atoms with E-state index in [1.807, 2.05) is 42.5 Å². The molecule has 2 rings (SSSR count). The van der Waals surface area contributed by atoms with Gasteiger partial charge in [-0.15, -0.1) is 0 Å². The molecule has 0 fully saturated rings. The van der Waals surface area contributed by atoms with Gasteiger partial charge in [-0.3, -0.25) is 4.79 Å². The van der Waals surface area contributed by atoms with Crippen LogP contribution in [0.5, 0.6) is 5.75 Å². The lowest BCUT2D eigenvalue weighted by molar-refractivity contribution is 0.104. The van der Waals surface area contributed by atoms with E-state index in [4.69, 9.17) is 4.74 Å². The van der Waals surface area contributed by atoms with Gasteiger partial charge < -0.3 is 10.1 Å². The fourth-order valence-corrected chi connectivity index (χ4v) is 1.60. The number of nitrogens with one attached hydrogen (secondary N) is 1. The molecule has 0 bridgehead atoms. The highest BCUT2D eigenvalue weighted by Gasteiger charge is 1.98. The number of benzene rings is 2. The molecule has 2 aromatic rings. The molecule has 2 aromatic carbocycles.